The van der Waals surface area contributed by atoms with Gasteiger partial charge in [-0.25, -0.2) is 4.79 Å². The Hall–Kier alpha value is -2.01. The molecule has 25 heavy (non-hydrogen) atoms. The lowest BCUT2D eigenvalue weighted by Crippen LogP contribution is -2.41. The second-order valence-electron chi connectivity index (χ2n) is 7.25. The van der Waals surface area contributed by atoms with E-state index in [2.05, 4.69) is 22.4 Å². The number of carbonyl (C=O) groups is 1. The Kier molecular flexibility index (Phi) is 4.92. The van der Waals surface area contributed by atoms with Crippen LogP contribution in [0, 0.1) is 0 Å². The summed E-state index contributed by atoms with van der Waals surface area (Å²) in [7, 11) is 0. The number of nitrogens with zero attached hydrogens (tertiary/aromatic N) is 2. The summed E-state index contributed by atoms with van der Waals surface area (Å²) in [5, 5.41) is 3.07. The van der Waals surface area contributed by atoms with Crippen LogP contribution in [0.25, 0.3) is 0 Å². The maximum Gasteiger partial charge on any atom is 0.317 e. The number of ether oxygens (including phenoxy) is 1. The molecule has 2 amide bonds. The summed E-state index contributed by atoms with van der Waals surface area (Å²) in [6.45, 7) is 4.23. The van der Waals surface area contributed by atoms with Crippen LogP contribution in [0.3, 0.4) is 0 Å². The van der Waals surface area contributed by atoms with Gasteiger partial charge in [-0.1, -0.05) is 30.4 Å². The van der Waals surface area contributed by atoms with Crippen LogP contribution in [0.4, 0.5) is 4.79 Å². The summed E-state index contributed by atoms with van der Waals surface area (Å²) in [4.78, 5) is 16.9. The Bertz CT molecular complexity index is 634. The molecule has 134 valence electrons. The van der Waals surface area contributed by atoms with Gasteiger partial charge in [0.05, 0.1) is 6.10 Å². The molecule has 1 N–H and O–H groups in total. The minimum Gasteiger partial charge on any atom is -0.490 e. The summed E-state index contributed by atoms with van der Waals surface area (Å²) < 4.78 is 6.05. The summed E-state index contributed by atoms with van der Waals surface area (Å²) in [5.41, 5.74) is 1.06. The van der Waals surface area contributed by atoms with E-state index in [1.54, 1.807) is 0 Å². The van der Waals surface area contributed by atoms with E-state index in [1.807, 2.05) is 29.2 Å². The van der Waals surface area contributed by atoms with Gasteiger partial charge < -0.3 is 15.0 Å². The standard InChI is InChI=1S/C20H27N3O2/c24-20(23-13-10-17(15-23)22-11-3-4-12-22)21-14-16-6-1-2-9-19(16)25-18-7-5-8-18/h1-4,6,9,17-18H,5,7-8,10-15H2,(H,21,24)/t17-/m0/s1. The van der Waals surface area contributed by atoms with Crippen LogP contribution >= 0.6 is 0 Å². The number of hydrogen-bond acceptors (Lipinski definition) is 3. The summed E-state index contributed by atoms with van der Waals surface area (Å²) >= 11 is 0. The highest BCUT2D eigenvalue weighted by atomic mass is 16.5. The molecule has 1 saturated heterocycles. The molecule has 1 saturated carbocycles. The van der Waals surface area contributed by atoms with Gasteiger partial charge in [-0.2, -0.15) is 0 Å². The Morgan fingerprint density at radius 1 is 1.16 bits per heavy atom. The normalized spacial score (nSPS) is 23.7. The van der Waals surface area contributed by atoms with Gasteiger partial charge in [-0.3, -0.25) is 4.90 Å². The molecule has 3 aliphatic rings. The SMILES string of the molecule is O=C(NCc1ccccc1OC1CCC1)N1CC[C@H](N2CC=CC2)C1. The lowest BCUT2D eigenvalue weighted by atomic mass is 9.96. The third-order valence-corrected chi connectivity index (χ3v) is 5.56. The zero-order valence-electron chi connectivity index (χ0n) is 14.7. The molecule has 0 radical (unpaired) electrons. The highest BCUT2D eigenvalue weighted by Gasteiger charge is 2.30. The molecular weight excluding hydrogens is 314 g/mol. The molecule has 5 heteroatoms. The average molecular weight is 341 g/mol. The lowest BCUT2D eigenvalue weighted by Gasteiger charge is -2.27. The Balaban J connectivity index is 1.29. The van der Waals surface area contributed by atoms with E-state index in [0.29, 0.717) is 18.7 Å². The van der Waals surface area contributed by atoms with Crippen molar-refractivity contribution in [3.05, 3.63) is 42.0 Å². The van der Waals surface area contributed by atoms with Crippen LogP contribution in [-0.4, -0.2) is 54.2 Å². The largest absolute Gasteiger partial charge is 0.490 e. The van der Waals surface area contributed by atoms with Crippen molar-refractivity contribution in [1.82, 2.24) is 15.1 Å². The van der Waals surface area contributed by atoms with Gasteiger partial charge in [0.15, 0.2) is 0 Å². The van der Waals surface area contributed by atoms with Gasteiger partial charge in [-0.05, 0) is 31.7 Å². The highest BCUT2D eigenvalue weighted by molar-refractivity contribution is 5.74. The number of urea groups is 1. The average Bonchev–Trinajstić information content (AvgIpc) is 3.27. The second-order valence-corrected chi connectivity index (χ2v) is 7.25. The molecule has 1 atom stereocenters. The minimum absolute atomic E-state index is 0.0353. The maximum absolute atomic E-state index is 12.5. The van der Waals surface area contributed by atoms with E-state index in [4.69, 9.17) is 4.74 Å². The van der Waals surface area contributed by atoms with Gasteiger partial charge in [0.25, 0.3) is 0 Å². The van der Waals surface area contributed by atoms with Gasteiger partial charge in [0.1, 0.15) is 5.75 Å². The third kappa shape index (κ3) is 3.82. The molecule has 1 aliphatic carbocycles. The van der Waals surface area contributed by atoms with E-state index in [1.165, 1.54) is 6.42 Å². The lowest BCUT2D eigenvalue weighted by molar-refractivity contribution is 0.119. The zero-order valence-corrected chi connectivity index (χ0v) is 14.7. The van der Waals surface area contributed by atoms with E-state index < -0.39 is 0 Å². The maximum atomic E-state index is 12.5. The second kappa shape index (κ2) is 7.48. The molecular formula is C20H27N3O2. The Morgan fingerprint density at radius 3 is 2.72 bits per heavy atom. The monoisotopic (exact) mass is 341 g/mol. The number of hydrogen-bond donors (Lipinski definition) is 1. The van der Waals surface area contributed by atoms with Crippen molar-refractivity contribution >= 4 is 6.03 Å². The van der Waals surface area contributed by atoms with Crippen molar-refractivity contribution in [2.75, 3.05) is 26.2 Å². The number of amides is 2. The number of rotatable bonds is 5. The fourth-order valence-electron chi connectivity index (χ4n) is 3.73. The molecule has 5 nitrogen and oxygen atoms in total. The van der Waals surface area contributed by atoms with Crippen LogP contribution in [0.1, 0.15) is 31.2 Å². The summed E-state index contributed by atoms with van der Waals surface area (Å²) in [5.74, 6) is 0.912. The smallest absolute Gasteiger partial charge is 0.317 e. The molecule has 4 rings (SSSR count). The fourth-order valence-corrected chi connectivity index (χ4v) is 3.73. The molecule has 1 aromatic carbocycles. The fraction of sp³-hybridized carbons (Fsp3) is 0.550. The van der Waals surface area contributed by atoms with Crippen LogP contribution in [-0.2, 0) is 6.54 Å². The Morgan fingerprint density at radius 2 is 1.96 bits per heavy atom. The third-order valence-electron chi connectivity index (χ3n) is 5.56. The van der Waals surface area contributed by atoms with Crippen molar-refractivity contribution in [2.45, 2.75) is 44.4 Å². The van der Waals surface area contributed by atoms with E-state index in [9.17, 15) is 4.79 Å². The van der Waals surface area contributed by atoms with Crippen LogP contribution in [0.2, 0.25) is 0 Å². The zero-order chi connectivity index (χ0) is 17.1. The van der Waals surface area contributed by atoms with Crippen LogP contribution in [0.15, 0.2) is 36.4 Å². The van der Waals surface area contributed by atoms with E-state index >= 15 is 0 Å². The predicted molar refractivity (Wildman–Crippen MR) is 97.6 cm³/mol. The van der Waals surface area contributed by atoms with Gasteiger partial charge in [0, 0.05) is 44.3 Å². The minimum atomic E-state index is 0.0353. The number of nitrogens with one attached hydrogen (secondary N) is 1. The molecule has 0 spiro atoms. The van der Waals surface area contributed by atoms with Crippen LogP contribution in [0.5, 0.6) is 5.75 Å². The van der Waals surface area contributed by atoms with Gasteiger partial charge in [0.2, 0.25) is 0 Å². The molecule has 1 aromatic rings. The number of benzene rings is 1. The number of para-hydroxylation sites is 1. The van der Waals surface area contributed by atoms with Crippen molar-refractivity contribution in [2.24, 2.45) is 0 Å². The molecule has 2 fully saturated rings. The topological polar surface area (TPSA) is 44.8 Å². The van der Waals surface area contributed by atoms with Crippen molar-refractivity contribution in [3.8, 4) is 5.75 Å². The summed E-state index contributed by atoms with van der Waals surface area (Å²) in [6.07, 6.45) is 9.37. The first kappa shape index (κ1) is 16.5. The van der Waals surface area contributed by atoms with E-state index in [-0.39, 0.29) is 6.03 Å². The van der Waals surface area contributed by atoms with Crippen molar-refractivity contribution < 1.29 is 9.53 Å². The highest BCUT2D eigenvalue weighted by Crippen LogP contribution is 2.27. The van der Waals surface area contributed by atoms with Gasteiger partial charge >= 0.3 is 6.03 Å². The first-order chi connectivity index (χ1) is 12.3. The molecule has 0 bridgehead atoms. The number of likely N-dealkylation sites (tertiary alicyclic amines) is 1. The van der Waals surface area contributed by atoms with Crippen molar-refractivity contribution in [3.63, 3.8) is 0 Å². The van der Waals surface area contributed by atoms with Gasteiger partial charge in [-0.15, -0.1) is 0 Å². The quantitative estimate of drug-likeness (QED) is 0.838. The predicted octanol–water partition coefficient (Wildman–Crippen LogP) is 2.77. The first-order valence-corrected chi connectivity index (χ1v) is 9.46. The number of carbonyl (C=O) groups excluding carboxylic acids is 1. The molecule has 2 aliphatic heterocycles. The molecule has 0 unspecified atom stereocenters. The van der Waals surface area contributed by atoms with E-state index in [0.717, 1.165) is 56.8 Å². The van der Waals surface area contributed by atoms with Crippen LogP contribution < -0.4 is 10.1 Å². The first-order valence-electron chi connectivity index (χ1n) is 9.46. The molecule has 0 aromatic heterocycles. The Labute approximate surface area is 149 Å². The van der Waals surface area contributed by atoms with Crippen molar-refractivity contribution in [1.29, 1.82) is 0 Å². The molecule has 2 heterocycles. The summed E-state index contributed by atoms with van der Waals surface area (Å²) in [6, 6.07) is 8.57.